The molecule has 0 amide bonds. The Kier molecular flexibility index (Phi) is 10.3. The van der Waals surface area contributed by atoms with Crippen molar-refractivity contribution >= 4 is 29.0 Å². The van der Waals surface area contributed by atoms with E-state index < -0.39 is 18.0 Å². The highest BCUT2D eigenvalue weighted by Gasteiger charge is 2.61. The van der Waals surface area contributed by atoms with E-state index in [4.69, 9.17) is 12.2 Å². The van der Waals surface area contributed by atoms with E-state index in [1.807, 2.05) is 36.4 Å². The van der Waals surface area contributed by atoms with Crippen LogP contribution >= 0.6 is 12.2 Å². The molecule has 0 spiro atoms. The Bertz CT molecular complexity index is 1550. The van der Waals surface area contributed by atoms with E-state index >= 15 is 0 Å². The van der Waals surface area contributed by atoms with E-state index in [2.05, 4.69) is 50.2 Å². The summed E-state index contributed by atoms with van der Waals surface area (Å²) in [6.45, 7) is 4.58. The molecule has 0 fully saturated rings. The van der Waals surface area contributed by atoms with E-state index in [9.17, 15) is 27.1 Å². The average Bonchev–Trinajstić information content (AvgIpc) is 3.40. The number of rotatable bonds is 12. The largest absolute Gasteiger partial charge is 0.499 e. The van der Waals surface area contributed by atoms with Crippen molar-refractivity contribution in [1.82, 2.24) is 25.6 Å². The SMILES string of the molecule is CC(C)c1ccccc1NC(=S)NNCc1ccc(-c2nc(NCCO)n(-c3ccc(OC(F)(F)C(F)(F)F)cc3)n2)cc1. The van der Waals surface area contributed by atoms with Crippen LogP contribution in [0.1, 0.15) is 30.9 Å². The van der Waals surface area contributed by atoms with Crippen molar-refractivity contribution in [3.8, 4) is 22.8 Å². The number of alkyl halides is 5. The van der Waals surface area contributed by atoms with Crippen molar-refractivity contribution < 1.29 is 31.8 Å². The minimum absolute atomic E-state index is 0.133. The molecule has 0 radical (unpaired) electrons. The van der Waals surface area contributed by atoms with Crippen molar-refractivity contribution in [2.24, 2.45) is 0 Å². The van der Waals surface area contributed by atoms with Crippen molar-refractivity contribution in [3.63, 3.8) is 0 Å². The third-order valence-electron chi connectivity index (χ3n) is 6.20. The number of nitrogens with zero attached hydrogens (tertiary/aromatic N) is 3. The van der Waals surface area contributed by atoms with Gasteiger partial charge in [0.1, 0.15) is 5.75 Å². The maximum absolute atomic E-state index is 13.3. The summed E-state index contributed by atoms with van der Waals surface area (Å²) in [6, 6.07) is 19.7. The number of aromatic nitrogens is 3. The standard InChI is InChI=1S/C29H30F5N7O2S/c1-18(2)23-5-3-4-6-24(23)37-27(44)39-36-17-19-7-9-20(10-8-19)25-38-26(35-15-16-42)41(40-25)21-11-13-22(14-12-21)43-29(33,34)28(30,31)32/h3-14,18,36,42H,15-17H2,1-2H3,(H,35,38,40)(H2,37,39,44). The summed E-state index contributed by atoms with van der Waals surface area (Å²) in [7, 11) is 0. The highest BCUT2D eigenvalue weighted by atomic mass is 32.1. The van der Waals surface area contributed by atoms with Gasteiger partial charge >= 0.3 is 12.3 Å². The van der Waals surface area contributed by atoms with Crippen LogP contribution in [0.5, 0.6) is 5.75 Å². The Balaban J connectivity index is 1.41. The molecule has 4 rings (SSSR count). The zero-order chi connectivity index (χ0) is 31.9. The summed E-state index contributed by atoms with van der Waals surface area (Å²) in [5.41, 5.74) is 10.0. The molecule has 0 bridgehead atoms. The number of thiocarbonyl (C=S) groups is 1. The van der Waals surface area contributed by atoms with Crippen LogP contribution in [0.25, 0.3) is 17.1 Å². The minimum atomic E-state index is -5.86. The first kappa shape index (κ1) is 32.6. The quantitative estimate of drug-likeness (QED) is 0.0730. The van der Waals surface area contributed by atoms with Gasteiger partial charge in [0.25, 0.3) is 0 Å². The van der Waals surface area contributed by atoms with Gasteiger partial charge < -0.3 is 20.5 Å². The molecular weight excluding hydrogens is 605 g/mol. The van der Waals surface area contributed by atoms with Gasteiger partial charge in [0.15, 0.2) is 10.9 Å². The number of aliphatic hydroxyl groups is 1. The van der Waals surface area contributed by atoms with Gasteiger partial charge in [-0.15, -0.1) is 5.10 Å². The molecule has 0 unspecified atom stereocenters. The second-order valence-electron chi connectivity index (χ2n) is 9.80. The molecule has 9 nitrogen and oxygen atoms in total. The fraction of sp³-hybridized carbons (Fsp3) is 0.276. The maximum atomic E-state index is 13.3. The first-order chi connectivity index (χ1) is 20.9. The molecule has 0 aliphatic heterocycles. The highest BCUT2D eigenvalue weighted by Crippen LogP contribution is 2.37. The molecule has 1 aromatic heterocycles. The summed E-state index contributed by atoms with van der Waals surface area (Å²) in [4.78, 5) is 4.46. The number of hydrogen-bond donors (Lipinski definition) is 5. The zero-order valence-electron chi connectivity index (χ0n) is 23.6. The number of ether oxygens (including phenoxy) is 1. The molecule has 5 N–H and O–H groups in total. The minimum Gasteiger partial charge on any atom is -0.426 e. The predicted octanol–water partition coefficient (Wildman–Crippen LogP) is 5.99. The first-order valence-electron chi connectivity index (χ1n) is 13.4. The second-order valence-corrected chi connectivity index (χ2v) is 10.2. The molecule has 0 saturated carbocycles. The van der Waals surface area contributed by atoms with E-state index in [0.29, 0.717) is 34.7 Å². The molecule has 4 aromatic rings. The van der Waals surface area contributed by atoms with Crippen molar-refractivity contribution in [3.05, 3.63) is 83.9 Å². The third-order valence-corrected chi connectivity index (χ3v) is 6.40. The normalized spacial score (nSPS) is 11.8. The Morgan fingerprint density at radius 2 is 1.66 bits per heavy atom. The molecule has 1 heterocycles. The Hall–Kier alpha value is -4.34. The zero-order valence-corrected chi connectivity index (χ0v) is 24.4. The number of anilines is 2. The average molecular weight is 636 g/mol. The van der Waals surface area contributed by atoms with Crippen molar-refractivity contribution in [2.75, 3.05) is 23.8 Å². The third kappa shape index (κ3) is 8.18. The fourth-order valence-corrected chi connectivity index (χ4v) is 4.21. The van der Waals surface area contributed by atoms with Crippen LogP contribution in [-0.4, -0.2) is 50.4 Å². The summed E-state index contributed by atoms with van der Waals surface area (Å²) >= 11 is 5.40. The lowest BCUT2D eigenvalue weighted by Gasteiger charge is -2.20. The summed E-state index contributed by atoms with van der Waals surface area (Å²) < 4.78 is 69.2. The van der Waals surface area contributed by atoms with E-state index in [0.717, 1.165) is 28.9 Å². The lowest BCUT2D eigenvalue weighted by Crippen LogP contribution is -2.41. The lowest BCUT2D eigenvalue weighted by atomic mass is 10.0. The van der Waals surface area contributed by atoms with Crippen LogP contribution in [0.4, 0.5) is 33.6 Å². The van der Waals surface area contributed by atoms with Crippen LogP contribution < -0.4 is 26.2 Å². The van der Waals surface area contributed by atoms with Crippen molar-refractivity contribution in [1.29, 1.82) is 0 Å². The van der Waals surface area contributed by atoms with Crippen molar-refractivity contribution in [2.45, 2.75) is 38.6 Å². The summed E-state index contributed by atoms with van der Waals surface area (Å²) in [5.74, 6) is 0.175. The summed E-state index contributed by atoms with van der Waals surface area (Å²) in [6.07, 6.45) is -11.2. The molecule has 3 aromatic carbocycles. The summed E-state index contributed by atoms with van der Waals surface area (Å²) in [5, 5.41) is 20.2. The molecule has 0 aliphatic carbocycles. The number of benzene rings is 3. The smallest absolute Gasteiger partial charge is 0.426 e. The fourth-order valence-electron chi connectivity index (χ4n) is 4.02. The van der Waals surface area contributed by atoms with Gasteiger partial charge in [-0.25, -0.2) is 5.43 Å². The van der Waals surface area contributed by atoms with E-state index in [1.54, 1.807) is 12.1 Å². The van der Waals surface area contributed by atoms with Crippen LogP contribution in [0.3, 0.4) is 0 Å². The molecule has 234 valence electrons. The number of para-hydroxylation sites is 1. The van der Waals surface area contributed by atoms with Crippen LogP contribution in [0.15, 0.2) is 72.8 Å². The number of hydrazine groups is 1. The van der Waals surface area contributed by atoms with Gasteiger partial charge in [-0.05, 0) is 59.6 Å². The van der Waals surface area contributed by atoms with Gasteiger partial charge in [0, 0.05) is 24.3 Å². The number of nitrogens with one attached hydrogen (secondary N) is 4. The van der Waals surface area contributed by atoms with Crippen LogP contribution in [-0.2, 0) is 6.54 Å². The molecule has 44 heavy (non-hydrogen) atoms. The predicted molar refractivity (Wildman–Crippen MR) is 161 cm³/mol. The Labute approximate surface area is 255 Å². The highest BCUT2D eigenvalue weighted by molar-refractivity contribution is 7.80. The monoisotopic (exact) mass is 635 g/mol. The van der Waals surface area contributed by atoms with Gasteiger partial charge in [-0.3, -0.25) is 5.43 Å². The Morgan fingerprint density at radius 3 is 2.30 bits per heavy atom. The van der Waals surface area contributed by atoms with Gasteiger partial charge in [0.2, 0.25) is 5.95 Å². The Morgan fingerprint density at radius 1 is 0.977 bits per heavy atom. The first-order valence-corrected chi connectivity index (χ1v) is 13.8. The van der Waals surface area contributed by atoms with Gasteiger partial charge in [-0.1, -0.05) is 56.3 Å². The number of halogens is 5. The molecule has 15 heteroatoms. The number of hydrogen-bond acceptors (Lipinski definition) is 7. The van der Waals surface area contributed by atoms with Gasteiger partial charge in [-0.2, -0.15) is 31.6 Å². The van der Waals surface area contributed by atoms with E-state index in [1.165, 1.54) is 16.8 Å². The van der Waals surface area contributed by atoms with Crippen LogP contribution in [0.2, 0.25) is 0 Å². The molecular formula is C29H30F5N7O2S. The maximum Gasteiger partial charge on any atom is 0.499 e. The van der Waals surface area contributed by atoms with E-state index in [-0.39, 0.29) is 19.1 Å². The molecule has 0 saturated heterocycles. The topological polar surface area (TPSA) is 108 Å². The number of aliphatic hydroxyl groups excluding tert-OH is 1. The van der Waals surface area contributed by atoms with Gasteiger partial charge in [0.05, 0.1) is 12.3 Å². The molecule has 0 atom stereocenters. The lowest BCUT2D eigenvalue weighted by molar-refractivity contribution is -0.360. The molecule has 0 aliphatic rings. The second kappa shape index (κ2) is 14.0. The van der Waals surface area contributed by atoms with Crippen LogP contribution in [0, 0.1) is 0 Å².